The smallest absolute Gasteiger partial charge is 0.000955 e. The molecule has 0 aromatic heterocycles. The third-order valence-corrected chi connectivity index (χ3v) is 4.03. The molecule has 2 unspecified atom stereocenters. The lowest BCUT2D eigenvalue weighted by Crippen LogP contribution is -2.33. The fraction of sp³-hybridized carbons (Fsp3) is 1.00. The van der Waals surface area contributed by atoms with Crippen LogP contribution in [0.3, 0.4) is 0 Å². The lowest BCUT2D eigenvalue weighted by molar-refractivity contribution is 0.191. The largest absolute Gasteiger partial charge is 0.303 e. The fourth-order valence-electron chi connectivity index (χ4n) is 2.73. The van der Waals surface area contributed by atoms with Gasteiger partial charge in [0.05, 0.1) is 0 Å². The van der Waals surface area contributed by atoms with E-state index in [0.717, 1.165) is 11.8 Å². The van der Waals surface area contributed by atoms with Crippen molar-refractivity contribution in [3.8, 4) is 0 Å². The van der Waals surface area contributed by atoms with Gasteiger partial charge in [0.25, 0.3) is 0 Å². The molecule has 17 heavy (non-hydrogen) atoms. The zero-order valence-corrected chi connectivity index (χ0v) is 13.0. The first kappa shape index (κ1) is 17.0. The molecule has 2 atom stereocenters. The highest BCUT2D eigenvalue weighted by Crippen LogP contribution is 2.17. The summed E-state index contributed by atoms with van der Waals surface area (Å²) in [6.07, 6.45) is 8.16. The van der Waals surface area contributed by atoms with Crippen LogP contribution < -0.4 is 0 Å². The van der Waals surface area contributed by atoms with E-state index in [-0.39, 0.29) is 0 Å². The van der Waals surface area contributed by atoms with Crippen molar-refractivity contribution in [3.63, 3.8) is 0 Å². The Morgan fingerprint density at radius 3 is 1.35 bits per heavy atom. The Balaban J connectivity index is 4.10. The molecule has 0 aromatic rings. The summed E-state index contributed by atoms with van der Waals surface area (Å²) in [6.45, 7) is 15.5. The van der Waals surface area contributed by atoms with Crippen LogP contribution in [0.2, 0.25) is 0 Å². The molecule has 0 heterocycles. The average molecular weight is 241 g/mol. The van der Waals surface area contributed by atoms with Gasteiger partial charge in [-0.05, 0) is 31.2 Å². The van der Waals surface area contributed by atoms with Gasteiger partial charge in [0.15, 0.2) is 0 Å². The van der Waals surface area contributed by atoms with Crippen molar-refractivity contribution in [1.82, 2.24) is 4.90 Å². The molecule has 0 rings (SSSR count). The number of rotatable bonds is 11. The molecule has 0 saturated heterocycles. The van der Waals surface area contributed by atoms with E-state index >= 15 is 0 Å². The normalized spacial score (nSPS) is 15.2. The van der Waals surface area contributed by atoms with Crippen LogP contribution in [0.1, 0.15) is 73.1 Å². The molecule has 0 saturated carbocycles. The first-order chi connectivity index (χ1) is 8.21. The summed E-state index contributed by atoms with van der Waals surface area (Å²) in [5.41, 5.74) is 0. The van der Waals surface area contributed by atoms with Gasteiger partial charge in [-0.15, -0.1) is 0 Å². The second kappa shape index (κ2) is 11.1. The van der Waals surface area contributed by atoms with E-state index in [1.807, 2.05) is 0 Å². The SMILES string of the molecule is CCCC(CC)CN(CC)CC(CC)CCC. The Kier molecular flexibility index (Phi) is 11.0. The highest BCUT2D eigenvalue weighted by atomic mass is 15.1. The van der Waals surface area contributed by atoms with Gasteiger partial charge in [0.2, 0.25) is 0 Å². The van der Waals surface area contributed by atoms with E-state index < -0.39 is 0 Å². The van der Waals surface area contributed by atoms with E-state index in [9.17, 15) is 0 Å². The predicted molar refractivity (Wildman–Crippen MR) is 79.5 cm³/mol. The van der Waals surface area contributed by atoms with Crippen LogP contribution in [0.5, 0.6) is 0 Å². The van der Waals surface area contributed by atoms with Crippen molar-refractivity contribution in [2.24, 2.45) is 11.8 Å². The zero-order valence-electron chi connectivity index (χ0n) is 13.0. The second-order valence-electron chi connectivity index (χ2n) is 5.48. The summed E-state index contributed by atoms with van der Waals surface area (Å²) >= 11 is 0. The van der Waals surface area contributed by atoms with Gasteiger partial charge in [-0.2, -0.15) is 0 Å². The van der Waals surface area contributed by atoms with Gasteiger partial charge < -0.3 is 4.90 Å². The van der Waals surface area contributed by atoms with E-state index in [1.165, 1.54) is 58.2 Å². The molecule has 0 amide bonds. The lowest BCUT2D eigenvalue weighted by Gasteiger charge is -2.29. The van der Waals surface area contributed by atoms with Gasteiger partial charge in [0.1, 0.15) is 0 Å². The summed E-state index contributed by atoms with van der Waals surface area (Å²) in [7, 11) is 0. The Morgan fingerprint density at radius 2 is 1.12 bits per heavy atom. The molecule has 0 fully saturated rings. The molecule has 0 aliphatic carbocycles. The van der Waals surface area contributed by atoms with Gasteiger partial charge in [0, 0.05) is 13.1 Å². The van der Waals surface area contributed by atoms with Crippen LogP contribution >= 0.6 is 0 Å². The third-order valence-electron chi connectivity index (χ3n) is 4.03. The Labute approximate surface area is 110 Å². The maximum absolute atomic E-state index is 2.69. The fourth-order valence-corrected chi connectivity index (χ4v) is 2.73. The monoisotopic (exact) mass is 241 g/mol. The number of hydrogen-bond acceptors (Lipinski definition) is 1. The number of hydrogen-bond donors (Lipinski definition) is 0. The van der Waals surface area contributed by atoms with Crippen LogP contribution in [0.4, 0.5) is 0 Å². The lowest BCUT2D eigenvalue weighted by atomic mass is 9.97. The second-order valence-corrected chi connectivity index (χ2v) is 5.48. The molecule has 1 nitrogen and oxygen atoms in total. The van der Waals surface area contributed by atoms with Gasteiger partial charge in [-0.1, -0.05) is 60.3 Å². The van der Waals surface area contributed by atoms with E-state index in [0.29, 0.717) is 0 Å². The van der Waals surface area contributed by atoms with Crippen molar-refractivity contribution >= 4 is 0 Å². The minimum absolute atomic E-state index is 0.916. The summed E-state index contributed by atoms with van der Waals surface area (Å²) in [5.74, 6) is 1.83. The maximum Gasteiger partial charge on any atom is 0.000955 e. The molecule has 0 spiro atoms. The summed E-state index contributed by atoms with van der Waals surface area (Å²) in [4.78, 5) is 2.69. The third kappa shape index (κ3) is 7.81. The minimum atomic E-state index is 0.916. The highest BCUT2D eigenvalue weighted by molar-refractivity contribution is 4.68. The Morgan fingerprint density at radius 1 is 0.706 bits per heavy atom. The highest BCUT2D eigenvalue weighted by Gasteiger charge is 2.14. The first-order valence-electron chi connectivity index (χ1n) is 7.93. The molecule has 0 aromatic carbocycles. The Bertz CT molecular complexity index is 140. The molecule has 0 radical (unpaired) electrons. The van der Waals surface area contributed by atoms with Crippen LogP contribution in [0, 0.1) is 11.8 Å². The maximum atomic E-state index is 2.69. The minimum Gasteiger partial charge on any atom is -0.303 e. The van der Waals surface area contributed by atoms with Crippen LogP contribution in [-0.2, 0) is 0 Å². The summed E-state index contributed by atoms with van der Waals surface area (Å²) in [6, 6.07) is 0. The topological polar surface area (TPSA) is 3.24 Å². The molecule has 104 valence electrons. The van der Waals surface area contributed by atoms with Crippen molar-refractivity contribution in [3.05, 3.63) is 0 Å². The molecule has 0 bridgehead atoms. The van der Waals surface area contributed by atoms with Gasteiger partial charge in [-0.25, -0.2) is 0 Å². The average Bonchev–Trinajstić information content (AvgIpc) is 2.36. The standard InChI is InChI=1S/C16H35N/c1-6-11-15(8-3)13-17(10-5)14-16(9-4)12-7-2/h15-16H,6-14H2,1-5H3. The van der Waals surface area contributed by atoms with Crippen molar-refractivity contribution in [2.75, 3.05) is 19.6 Å². The van der Waals surface area contributed by atoms with E-state index in [4.69, 9.17) is 0 Å². The molecule has 0 aliphatic heterocycles. The van der Waals surface area contributed by atoms with Crippen LogP contribution in [-0.4, -0.2) is 24.5 Å². The quantitative estimate of drug-likeness (QED) is 0.494. The van der Waals surface area contributed by atoms with Crippen LogP contribution in [0.25, 0.3) is 0 Å². The van der Waals surface area contributed by atoms with Gasteiger partial charge in [-0.3, -0.25) is 0 Å². The van der Waals surface area contributed by atoms with Crippen LogP contribution in [0.15, 0.2) is 0 Å². The van der Waals surface area contributed by atoms with Crippen molar-refractivity contribution in [2.45, 2.75) is 73.1 Å². The van der Waals surface area contributed by atoms with Crippen molar-refractivity contribution < 1.29 is 0 Å². The number of nitrogens with zero attached hydrogens (tertiary/aromatic N) is 1. The van der Waals surface area contributed by atoms with E-state index in [2.05, 4.69) is 39.5 Å². The predicted octanol–water partition coefficient (Wildman–Crippen LogP) is 4.96. The molecular formula is C16H35N. The molecule has 0 N–H and O–H groups in total. The summed E-state index contributed by atoms with van der Waals surface area (Å²) in [5, 5.41) is 0. The van der Waals surface area contributed by atoms with E-state index in [1.54, 1.807) is 0 Å². The first-order valence-corrected chi connectivity index (χ1v) is 7.93. The Hall–Kier alpha value is -0.0400. The van der Waals surface area contributed by atoms with Crippen molar-refractivity contribution in [1.29, 1.82) is 0 Å². The molecule has 0 aliphatic rings. The van der Waals surface area contributed by atoms with Gasteiger partial charge >= 0.3 is 0 Å². The summed E-state index contributed by atoms with van der Waals surface area (Å²) < 4.78 is 0. The molecule has 1 heteroatoms. The molecular weight excluding hydrogens is 206 g/mol. The zero-order chi connectivity index (χ0) is 13.1.